The van der Waals surface area contributed by atoms with Gasteiger partial charge in [-0.3, -0.25) is 0 Å². The predicted molar refractivity (Wildman–Crippen MR) is 79.1 cm³/mol. The highest BCUT2D eigenvalue weighted by molar-refractivity contribution is 5.46. The summed E-state index contributed by atoms with van der Waals surface area (Å²) in [4.78, 5) is 2.42. The summed E-state index contributed by atoms with van der Waals surface area (Å²) in [5, 5.41) is 3.33. The number of alkyl halides is 3. The number of rotatable bonds is 4. The summed E-state index contributed by atoms with van der Waals surface area (Å²) in [5.41, 5.74) is 0.163. The molecular formula is C16H22F3N2. The lowest BCUT2D eigenvalue weighted by Crippen LogP contribution is -2.40. The third-order valence-corrected chi connectivity index (χ3v) is 3.71. The third-order valence-electron chi connectivity index (χ3n) is 3.71. The van der Waals surface area contributed by atoms with Gasteiger partial charge in [-0.1, -0.05) is 13.8 Å². The normalized spacial score (nSPS) is 18.2. The van der Waals surface area contributed by atoms with E-state index in [1.807, 2.05) is 0 Å². The standard InChI is InChI=1S/C16H22F3N2/c1-12(2)11-21-9-7-15(8-10-21)20-14-5-3-13(4-6-14)16(17,18)19/h3-6,15,20H,7-11H2,1-2H3. The summed E-state index contributed by atoms with van der Waals surface area (Å²) in [7, 11) is 0. The molecule has 1 heterocycles. The van der Waals surface area contributed by atoms with Crippen LogP contribution in [0.5, 0.6) is 0 Å². The van der Waals surface area contributed by atoms with Crippen LogP contribution in [-0.4, -0.2) is 30.6 Å². The highest BCUT2D eigenvalue weighted by Crippen LogP contribution is 2.30. The minimum Gasteiger partial charge on any atom is -0.382 e. The summed E-state index contributed by atoms with van der Waals surface area (Å²) in [6, 6.07) is 5.63. The maximum absolute atomic E-state index is 12.5. The Kier molecular flexibility index (Phi) is 5.14. The van der Waals surface area contributed by atoms with Gasteiger partial charge in [0.25, 0.3) is 0 Å². The SMILES string of the molecule is C[C](C)CN1CCC(Nc2ccc(C(F)(F)F)cc2)CC1. The van der Waals surface area contributed by atoms with Gasteiger partial charge < -0.3 is 10.2 Å². The van der Waals surface area contributed by atoms with Crippen molar-refractivity contribution in [2.24, 2.45) is 0 Å². The first-order valence-electron chi connectivity index (χ1n) is 7.30. The van der Waals surface area contributed by atoms with Crippen LogP contribution in [0.25, 0.3) is 0 Å². The number of likely N-dealkylation sites (tertiary alicyclic amines) is 1. The molecule has 0 unspecified atom stereocenters. The Morgan fingerprint density at radius 3 is 2.19 bits per heavy atom. The molecule has 0 amide bonds. The fourth-order valence-electron chi connectivity index (χ4n) is 2.67. The Balaban J connectivity index is 1.83. The van der Waals surface area contributed by atoms with Crippen LogP contribution in [-0.2, 0) is 6.18 Å². The van der Waals surface area contributed by atoms with Crippen LogP contribution in [0.3, 0.4) is 0 Å². The summed E-state index contributed by atoms with van der Waals surface area (Å²) >= 11 is 0. The quantitative estimate of drug-likeness (QED) is 0.896. The van der Waals surface area contributed by atoms with E-state index >= 15 is 0 Å². The van der Waals surface area contributed by atoms with E-state index in [0.717, 1.165) is 50.3 Å². The molecule has 1 N–H and O–H groups in total. The van der Waals surface area contributed by atoms with E-state index in [0.29, 0.717) is 6.04 Å². The Bertz CT molecular complexity index is 432. The molecule has 1 radical (unpaired) electrons. The molecule has 2 rings (SSSR count). The number of nitrogens with one attached hydrogen (secondary N) is 1. The van der Waals surface area contributed by atoms with Gasteiger partial charge in [0.15, 0.2) is 0 Å². The Hall–Kier alpha value is -1.23. The number of hydrogen-bond acceptors (Lipinski definition) is 2. The molecule has 5 heteroatoms. The molecule has 1 aliphatic rings. The van der Waals surface area contributed by atoms with Crippen molar-refractivity contribution in [3.63, 3.8) is 0 Å². The average molecular weight is 299 g/mol. The zero-order chi connectivity index (χ0) is 15.5. The molecule has 1 saturated heterocycles. The lowest BCUT2D eigenvalue weighted by Gasteiger charge is -2.33. The fourth-order valence-corrected chi connectivity index (χ4v) is 2.67. The van der Waals surface area contributed by atoms with Crippen LogP contribution in [0, 0.1) is 5.92 Å². The van der Waals surface area contributed by atoms with Gasteiger partial charge >= 0.3 is 6.18 Å². The van der Waals surface area contributed by atoms with Gasteiger partial charge in [0.1, 0.15) is 0 Å². The molecule has 0 bridgehead atoms. The van der Waals surface area contributed by atoms with Crippen LogP contribution in [0.15, 0.2) is 24.3 Å². The number of halogens is 3. The van der Waals surface area contributed by atoms with E-state index in [1.165, 1.54) is 18.1 Å². The Labute approximate surface area is 124 Å². The van der Waals surface area contributed by atoms with Gasteiger partial charge in [-0.15, -0.1) is 0 Å². The Morgan fingerprint density at radius 2 is 1.71 bits per heavy atom. The van der Waals surface area contributed by atoms with Crippen molar-refractivity contribution in [2.45, 2.75) is 38.9 Å². The number of piperidine rings is 1. The zero-order valence-corrected chi connectivity index (χ0v) is 12.5. The maximum atomic E-state index is 12.5. The van der Waals surface area contributed by atoms with Crippen LogP contribution in [0.1, 0.15) is 32.3 Å². The average Bonchev–Trinajstić information content (AvgIpc) is 2.40. The number of anilines is 1. The first-order chi connectivity index (χ1) is 9.84. The minimum absolute atomic E-state index is 0.343. The third kappa shape index (κ3) is 4.92. The second kappa shape index (κ2) is 6.69. The lowest BCUT2D eigenvalue weighted by molar-refractivity contribution is -0.137. The molecule has 0 saturated carbocycles. The number of benzene rings is 1. The number of nitrogens with zero attached hydrogens (tertiary/aromatic N) is 1. The van der Waals surface area contributed by atoms with Crippen molar-refractivity contribution in [3.05, 3.63) is 35.7 Å². The maximum Gasteiger partial charge on any atom is 0.416 e. The number of hydrogen-bond donors (Lipinski definition) is 1. The summed E-state index contributed by atoms with van der Waals surface area (Å²) in [6.45, 7) is 7.36. The van der Waals surface area contributed by atoms with Crippen molar-refractivity contribution in [1.29, 1.82) is 0 Å². The predicted octanol–water partition coefficient (Wildman–Crippen LogP) is 4.20. The fraction of sp³-hybridized carbons (Fsp3) is 0.562. The van der Waals surface area contributed by atoms with Gasteiger partial charge in [0, 0.05) is 31.4 Å². The van der Waals surface area contributed by atoms with E-state index in [4.69, 9.17) is 0 Å². The molecule has 117 valence electrons. The molecule has 1 aliphatic heterocycles. The highest BCUT2D eigenvalue weighted by atomic mass is 19.4. The van der Waals surface area contributed by atoms with Crippen molar-refractivity contribution in [2.75, 3.05) is 25.0 Å². The van der Waals surface area contributed by atoms with Crippen LogP contribution in [0.4, 0.5) is 18.9 Å². The lowest BCUT2D eigenvalue weighted by atomic mass is 10.0. The van der Waals surface area contributed by atoms with E-state index < -0.39 is 11.7 Å². The minimum atomic E-state index is -4.27. The summed E-state index contributed by atoms with van der Waals surface area (Å²) < 4.78 is 37.5. The topological polar surface area (TPSA) is 15.3 Å². The first kappa shape index (κ1) is 16.1. The van der Waals surface area contributed by atoms with E-state index in [1.54, 1.807) is 0 Å². The monoisotopic (exact) mass is 299 g/mol. The van der Waals surface area contributed by atoms with Crippen molar-refractivity contribution in [3.8, 4) is 0 Å². The molecule has 1 aromatic rings. The van der Waals surface area contributed by atoms with Crippen molar-refractivity contribution < 1.29 is 13.2 Å². The molecule has 0 aliphatic carbocycles. The van der Waals surface area contributed by atoms with Gasteiger partial charge in [-0.05, 0) is 43.0 Å². The molecule has 1 aromatic carbocycles. The van der Waals surface area contributed by atoms with Gasteiger partial charge in [-0.2, -0.15) is 13.2 Å². The zero-order valence-electron chi connectivity index (χ0n) is 12.5. The molecule has 1 fully saturated rings. The summed E-state index contributed by atoms with van der Waals surface area (Å²) in [5.74, 6) is 1.41. The smallest absolute Gasteiger partial charge is 0.382 e. The van der Waals surface area contributed by atoms with Crippen molar-refractivity contribution >= 4 is 5.69 Å². The van der Waals surface area contributed by atoms with E-state index in [-0.39, 0.29) is 0 Å². The molecule has 0 aromatic heterocycles. The Morgan fingerprint density at radius 1 is 1.14 bits per heavy atom. The largest absolute Gasteiger partial charge is 0.416 e. The van der Waals surface area contributed by atoms with Gasteiger partial charge in [-0.25, -0.2) is 0 Å². The van der Waals surface area contributed by atoms with Crippen molar-refractivity contribution in [1.82, 2.24) is 4.90 Å². The van der Waals surface area contributed by atoms with E-state index in [2.05, 4.69) is 24.1 Å². The second-order valence-electron chi connectivity index (χ2n) is 5.98. The molecule has 0 atom stereocenters. The van der Waals surface area contributed by atoms with E-state index in [9.17, 15) is 13.2 Å². The van der Waals surface area contributed by atoms with Crippen LogP contribution < -0.4 is 5.32 Å². The van der Waals surface area contributed by atoms with Gasteiger partial charge in [0.05, 0.1) is 5.56 Å². The second-order valence-corrected chi connectivity index (χ2v) is 5.98. The van der Waals surface area contributed by atoms with Crippen LogP contribution >= 0.6 is 0 Å². The van der Waals surface area contributed by atoms with Gasteiger partial charge in [0.2, 0.25) is 0 Å². The first-order valence-corrected chi connectivity index (χ1v) is 7.30. The molecule has 21 heavy (non-hydrogen) atoms. The van der Waals surface area contributed by atoms with Crippen LogP contribution in [0.2, 0.25) is 0 Å². The molecule has 2 nitrogen and oxygen atoms in total. The highest BCUT2D eigenvalue weighted by Gasteiger charge is 2.30. The summed E-state index contributed by atoms with van der Waals surface area (Å²) in [6.07, 6.45) is -2.22. The molecule has 0 spiro atoms. The molecular weight excluding hydrogens is 277 g/mol.